The lowest BCUT2D eigenvalue weighted by molar-refractivity contribution is -0.175. The van der Waals surface area contributed by atoms with Gasteiger partial charge in [0.05, 0.1) is 18.0 Å². The van der Waals surface area contributed by atoms with Gasteiger partial charge in [0.15, 0.2) is 0 Å². The lowest BCUT2D eigenvalue weighted by Gasteiger charge is -2.12. The number of nitrogens with zero attached hydrogens (tertiary/aromatic N) is 2. The molecule has 98 valence electrons. The van der Waals surface area contributed by atoms with Gasteiger partial charge in [-0.2, -0.15) is 13.2 Å². The third-order valence-electron chi connectivity index (χ3n) is 2.40. The average Bonchev–Trinajstić information content (AvgIpc) is 2.53. The Balaban J connectivity index is 2.35. The van der Waals surface area contributed by atoms with Gasteiger partial charge in [-0.15, -0.1) is 0 Å². The van der Waals surface area contributed by atoms with E-state index in [1.54, 1.807) is 18.5 Å². The quantitative estimate of drug-likeness (QED) is 0.812. The van der Waals surface area contributed by atoms with Gasteiger partial charge in [-0.05, 0) is 6.92 Å². The highest BCUT2D eigenvalue weighted by Crippen LogP contribution is 2.18. The molecule has 0 amide bonds. The number of aliphatic hydroxyl groups excluding tert-OH is 1. The number of aromatic nitrogens is 2. The number of imidazole rings is 1. The monoisotopic (exact) mass is 252 g/mol. The zero-order chi connectivity index (χ0) is 13.1. The molecule has 0 aromatic carbocycles. The van der Waals surface area contributed by atoms with Crippen molar-refractivity contribution in [2.24, 2.45) is 7.05 Å². The minimum Gasteiger partial charge on any atom is -0.387 e. The first kappa shape index (κ1) is 14.0. The van der Waals surface area contributed by atoms with Crippen LogP contribution in [-0.2, 0) is 11.8 Å². The molecule has 1 heterocycles. The Morgan fingerprint density at radius 3 is 2.65 bits per heavy atom. The van der Waals surface area contributed by atoms with E-state index in [4.69, 9.17) is 0 Å². The summed E-state index contributed by atoms with van der Waals surface area (Å²) < 4.78 is 41.4. The van der Waals surface area contributed by atoms with E-state index in [1.165, 1.54) is 6.20 Å². The second kappa shape index (κ2) is 5.50. The van der Waals surface area contributed by atoms with E-state index in [0.717, 1.165) is 5.82 Å². The van der Waals surface area contributed by atoms with Gasteiger partial charge in [-0.1, -0.05) is 0 Å². The van der Waals surface area contributed by atoms with Gasteiger partial charge in [-0.3, -0.25) is 0 Å². The Morgan fingerprint density at radius 1 is 1.53 bits per heavy atom. The van der Waals surface area contributed by atoms with Crippen molar-refractivity contribution in [3.05, 3.63) is 17.7 Å². The molecule has 1 aromatic rings. The van der Waals surface area contributed by atoms with E-state index in [2.05, 4.69) is 9.72 Å². The molecule has 1 N–H and O–H groups in total. The van der Waals surface area contributed by atoms with Gasteiger partial charge in [0.1, 0.15) is 12.4 Å². The highest BCUT2D eigenvalue weighted by Gasteiger charge is 2.27. The number of ether oxygens (including phenoxy) is 1. The number of rotatable bonds is 5. The molecule has 0 spiro atoms. The molecule has 0 saturated heterocycles. The van der Waals surface area contributed by atoms with Crippen molar-refractivity contribution in [3.63, 3.8) is 0 Å². The van der Waals surface area contributed by atoms with Gasteiger partial charge in [0, 0.05) is 20.1 Å². The topological polar surface area (TPSA) is 47.3 Å². The van der Waals surface area contributed by atoms with Crippen molar-refractivity contribution >= 4 is 0 Å². The van der Waals surface area contributed by atoms with Crippen LogP contribution >= 0.6 is 0 Å². The fourth-order valence-corrected chi connectivity index (χ4v) is 1.36. The first-order valence-electron chi connectivity index (χ1n) is 5.12. The van der Waals surface area contributed by atoms with Crippen LogP contribution in [0, 0.1) is 6.92 Å². The van der Waals surface area contributed by atoms with E-state index in [1.807, 2.05) is 0 Å². The summed E-state index contributed by atoms with van der Waals surface area (Å²) in [6.07, 6.45) is -3.58. The Hall–Kier alpha value is -1.08. The smallest absolute Gasteiger partial charge is 0.387 e. The van der Waals surface area contributed by atoms with E-state index in [9.17, 15) is 18.3 Å². The first-order valence-corrected chi connectivity index (χ1v) is 5.12. The minimum atomic E-state index is -4.33. The second-order valence-electron chi connectivity index (χ2n) is 3.76. The minimum absolute atomic E-state index is 0.106. The molecule has 7 heteroatoms. The van der Waals surface area contributed by atoms with Crippen molar-refractivity contribution in [1.29, 1.82) is 0 Å². The number of alkyl halides is 3. The lowest BCUT2D eigenvalue weighted by atomic mass is 10.2. The van der Waals surface area contributed by atoms with E-state index in [-0.39, 0.29) is 13.0 Å². The van der Waals surface area contributed by atoms with Crippen LogP contribution in [0.25, 0.3) is 0 Å². The molecule has 1 atom stereocenters. The summed E-state index contributed by atoms with van der Waals surface area (Å²) in [5, 5.41) is 9.72. The normalized spacial score (nSPS) is 14.0. The number of hydrogen-bond donors (Lipinski definition) is 1. The van der Waals surface area contributed by atoms with Crippen molar-refractivity contribution in [2.75, 3.05) is 13.2 Å². The number of hydrogen-bond acceptors (Lipinski definition) is 3. The standard InChI is InChI=1S/C10H15F3N2O2/c1-7-14-5-8(15(7)2)9(16)3-4-17-6-10(11,12)13/h5,9,16H,3-4,6H2,1-2H3. The lowest BCUT2D eigenvalue weighted by Crippen LogP contribution is -2.18. The summed E-state index contributed by atoms with van der Waals surface area (Å²) in [7, 11) is 1.73. The summed E-state index contributed by atoms with van der Waals surface area (Å²) >= 11 is 0. The van der Waals surface area contributed by atoms with Crippen LogP contribution in [0.5, 0.6) is 0 Å². The fourth-order valence-electron chi connectivity index (χ4n) is 1.36. The summed E-state index contributed by atoms with van der Waals surface area (Å²) in [6, 6.07) is 0. The molecule has 0 aliphatic carbocycles. The van der Waals surface area contributed by atoms with Crippen LogP contribution in [0.15, 0.2) is 6.20 Å². The SMILES string of the molecule is Cc1ncc(C(O)CCOCC(F)(F)F)n1C. The highest BCUT2D eigenvalue weighted by molar-refractivity contribution is 5.06. The Labute approximate surface area is 97.0 Å². The molecule has 0 aliphatic rings. The maximum Gasteiger partial charge on any atom is 0.411 e. The summed E-state index contributed by atoms with van der Waals surface area (Å²) in [5.74, 6) is 0.732. The maximum absolute atomic E-state index is 11.8. The maximum atomic E-state index is 11.8. The molecular formula is C10H15F3N2O2. The molecule has 0 fully saturated rings. The molecule has 17 heavy (non-hydrogen) atoms. The Bertz CT molecular complexity index is 363. The fraction of sp³-hybridized carbons (Fsp3) is 0.700. The predicted molar refractivity (Wildman–Crippen MR) is 54.4 cm³/mol. The Morgan fingerprint density at radius 2 is 2.18 bits per heavy atom. The zero-order valence-corrected chi connectivity index (χ0v) is 9.66. The van der Waals surface area contributed by atoms with Crippen molar-refractivity contribution in [1.82, 2.24) is 9.55 Å². The van der Waals surface area contributed by atoms with Gasteiger partial charge >= 0.3 is 6.18 Å². The van der Waals surface area contributed by atoms with E-state index in [0.29, 0.717) is 5.69 Å². The van der Waals surface area contributed by atoms with Crippen LogP contribution in [0.1, 0.15) is 24.0 Å². The number of aliphatic hydroxyl groups is 1. The zero-order valence-electron chi connectivity index (χ0n) is 9.66. The molecule has 1 aromatic heterocycles. The third-order valence-corrected chi connectivity index (χ3v) is 2.40. The van der Waals surface area contributed by atoms with Gasteiger partial charge < -0.3 is 14.4 Å². The first-order chi connectivity index (χ1) is 7.81. The molecule has 0 aliphatic heterocycles. The van der Waals surface area contributed by atoms with Crippen molar-refractivity contribution in [2.45, 2.75) is 25.6 Å². The number of halogens is 3. The van der Waals surface area contributed by atoms with Gasteiger partial charge in [-0.25, -0.2) is 4.98 Å². The van der Waals surface area contributed by atoms with Gasteiger partial charge in [0.2, 0.25) is 0 Å². The summed E-state index contributed by atoms with van der Waals surface area (Å²) in [6.45, 7) is 0.339. The van der Waals surface area contributed by atoms with Crippen LogP contribution < -0.4 is 0 Å². The highest BCUT2D eigenvalue weighted by atomic mass is 19.4. The largest absolute Gasteiger partial charge is 0.411 e. The molecule has 0 saturated carbocycles. The third kappa shape index (κ3) is 4.35. The van der Waals surface area contributed by atoms with Crippen LogP contribution in [-0.4, -0.2) is 34.0 Å². The summed E-state index contributed by atoms with van der Waals surface area (Å²) in [5.41, 5.74) is 0.568. The van der Waals surface area contributed by atoms with Gasteiger partial charge in [0.25, 0.3) is 0 Å². The van der Waals surface area contributed by atoms with E-state index < -0.39 is 18.9 Å². The second-order valence-corrected chi connectivity index (χ2v) is 3.76. The van der Waals surface area contributed by atoms with Crippen molar-refractivity contribution < 1.29 is 23.0 Å². The van der Waals surface area contributed by atoms with Crippen molar-refractivity contribution in [3.8, 4) is 0 Å². The Kier molecular flexibility index (Phi) is 4.53. The molecular weight excluding hydrogens is 237 g/mol. The molecule has 1 unspecified atom stereocenters. The van der Waals surface area contributed by atoms with Crippen LogP contribution in [0.2, 0.25) is 0 Å². The van der Waals surface area contributed by atoms with Crippen LogP contribution in [0.4, 0.5) is 13.2 Å². The predicted octanol–water partition coefficient (Wildman–Crippen LogP) is 1.73. The molecule has 1 rings (SSSR count). The van der Waals surface area contributed by atoms with E-state index >= 15 is 0 Å². The summed E-state index contributed by atoms with van der Waals surface area (Å²) in [4.78, 5) is 3.99. The van der Waals surface area contributed by atoms with Crippen LogP contribution in [0.3, 0.4) is 0 Å². The number of aryl methyl sites for hydroxylation is 1. The molecule has 0 radical (unpaired) electrons. The average molecular weight is 252 g/mol. The molecule has 4 nitrogen and oxygen atoms in total. The molecule has 0 bridgehead atoms.